The first-order valence-electron chi connectivity index (χ1n) is 10.2. The summed E-state index contributed by atoms with van der Waals surface area (Å²) in [6.07, 6.45) is 4.42. The van der Waals surface area contributed by atoms with Crippen LogP contribution < -0.4 is 15.4 Å². The minimum Gasteiger partial charge on any atom is -0.486 e. The smallest absolute Gasteiger partial charge is 0.191 e. The van der Waals surface area contributed by atoms with E-state index in [1.54, 1.807) is 25.2 Å². The molecule has 0 spiro atoms. The number of rotatable bonds is 9. The van der Waals surface area contributed by atoms with Crippen LogP contribution in [0.5, 0.6) is 5.75 Å². The number of aliphatic imine (C=N–C) groups is 1. The molecule has 1 fully saturated rings. The van der Waals surface area contributed by atoms with Gasteiger partial charge in [0.25, 0.3) is 0 Å². The molecule has 1 heterocycles. The maximum Gasteiger partial charge on any atom is 0.191 e. The largest absolute Gasteiger partial charge is 0.486 e. The summed E-state index contributed by atoms with van der Waals surface area (Å²) in [6, 6.07) is 6.53. The van der Waals surface area contributed by atoms with E-state index in [0.29, 0.717) is 12.3 Å². The summed E-state index contributed by atoms with van der Waals surface area (Å²) in [5.41, 5.74) is 0. The Kier molecular flexibility index (Phi) is 12.5. The summed E-state index contributed by atoms with van der Waals surface area (Å²) in [4.78, 5) is 6.80. The van der Waals surface area contributed by atoms with Gasteiger partial charge in [-0.05, 0) is 63.4 Å². The zero-order chi connectivity index (χ0) is 19.5. The molecule has 0 amide bonds. The molecular weight excluding hydrogens is 470 g/mol. The molecular formula is C21H36FIN4O. The third-order valence-electron chi connectivity index (χ3n) is 5.31. The molecule has 0 aromatic heterocycles. The fourth-order valence-electron chi connectivity index (χ4n) is 3.41. The van der Waals surface area contributed by atoms with Crippen molar-refractivity contribution in [2.45, 2.75) is 45.6 Å². The van der Waals surface area contributed by atoms with Crippen molar-refractivity contribution < 1.29 is 9.13 Å². The van der Waals surface area contributed by atoms with Gasteiger partial charge in [0.2, 0.25) is 0 Å². The number of piperidine rings is 1. The summed E-state index contributed by atoms with van der Waals surface area (Å²) in [5.74, 6) is 1.54. The lowest BCUT2D eigenvalue weighted by molar-refractivity contribution is 0.186. The van der Waals surface area contributed by atoms with Crippen molar-refractivity contribution in [3.8, 4) is 5.75 Å². The topological polar surface area (TPSA) is 48.9 Å². The molecule has 7 heteroatoms. The molecule has 1 aliphatic heterocycles. The number of nitrogens with one attached hydrogen (secondary N) is 2. The number of likely N-dealkylation sites (tertiary alicyclic amines) is 1. The molecule has 0 bridgehead atoms. The fraction of sp³-hybridized carbons (Fsp3) is 0.667. The van der Waals surface area contributed by atoms with Crippen LogP contribution in [0.1, 0.15) is 39.5 Å². The van der Waals surface area contributed by atoms with E-state index in [1.165, 1.54) is 38.4 Å². The van der Waals surface area contributed by atoms with Crippen molar-refractivity contribution >= 4 is 29.9 Å². The highest BCUT2D eigenvalue weighted by Gasteiger charge is 2.18. The minimum atomic E-state index is -0.326. The summed E-state index contributed by atoms with van der Waals surface area (Å²) in [6.45, 7) is 9.37. The maximum atomic E-state index is 13.8. The molecule has 5 nitrogen and oxygen atoms in total. The van der Waals surface area contributed by atoms with Gasteiger partial charge in [-0.15, -0.1) is 24.0 Å². The van der Waals surface area contributed by atoms with E-state index in [-0.39, 0.29) is 35.9 Å². The molecule has 2 rings (SSSR count). The van der Waals surface area contributed by atoms with Gasteiger partial charge in [-0.2, -0.15) is 0 Å². The highest BCUT2D eigenvalue weighted by molar-refractivity contribution is 14.0. The molecule has 0 saturated carbocycles. The Morgan fingerprint density at radius 1 is 1.25 bits per heavy atom. The monoisotopic (exact) mass is 506 g/mol. The second kappa shape index (κ2) is 14.0. The van der Waals surface area contributed by atoms with Crippen LogP contribution in [-0.4, -0.2) is 56.7 Å². The highest BCUT2D eigenvalue weighted by Crippen LogP contribution is 2.19. The number of nitrogens with zero attached hydrogens (tertiary/aromatic N) is 2. The summed E-state index contributed by atoms with van der Waals surface area (Å²) < 4.78 is 19.5. The van der Waals surface area contributed by atoms with E-state index in [4.69, 9.17) is 4.74 Å². The molecule has 0 aliphatic carbocycles. The second-order valence-electron chi connectivity index (χ2n) is 7.12. The van der Waals surface area contributed by atoms with Crippen LogP contribution in [0, 0.1) is 11.7 Å². The van der Waals surface area contributed by atoms with Crippen molar-refractivity contribution in [2.24, 2.45) is 10.9 Å². The Labute approximate surface area is 186 Å². The molecule has 1 aromatic carbocycles. The zero-order valence-electron chi connectivity index (χ0n) is 17.4. The first-order valence-corrected chi connectivity index (χ1v) is 10.2. The lowest BCUT2D eigenvalue weighted by Gasteiger charge is -2.31. The van der Waals surface area contributed by atoms with E-state index in [9.17, 15) is 4.39 Å². The number of guanidine groups is 1. The standard InChI is InChI=1S/C21H35FN4O.HI/c1-4-18(27-20-9-7-6-8-19(20)22)16-25-21(23-3)24-13-10-17-11-14-26(5-2)15-12-17;/h6-9,17-18H,4-5,10-16H2,1-3H3,(H2,23,24,25);1H. The molecule has 0 radical (unpaired) electrons. The van der Waals surface area contributed by atoms with Gasteiger partial charge in [-0.25, -0.2) is 4.39 Å². The Morgan fingerprint density at radius 3 is 2.57 bits per heavy atom. The van der Waals surface area contributed by atoms with Crippen LogP contribution >= 0.6 is 24.0 Å². The minimum absolute atomic E-state index is 0. The normalized spacial score (nSPS) is 16.9. The van der Waals surface area contributed by atoms with Crippen LogP contribution in [0.4, 0.5) is 4.39 Å². The van der Waals surface area contributed by atoms with Gasteiger partial charge in [0.1, 0.15) is 6.10 Å². The van der Waals surface area contributed by atoms with Crippen molar-refractivity contribution in [3.63, 3.8) is 0 Å². The molecule has 1 aromatic rings. The lowest BCUT2D eigenvalue weighted by Crippen LogP contribution is -2.43. The van der Waals surface area contributed by atoms with Gasteiger partial charge in [0, 0.05) is 13.6 Å². The third kappa shape index (κ3) is 8.51. The first kappa shape index (κ1) is 24.9. The van der Waals surface area contributed by atoms with Gasteiger partial charge < -0.3 is 20.3 Å². The first-order chi connectivity index (χ1) is 13.2. The van der Waals surface area contributed by atoms with Crippen LogP contribution in [0.2, 0.25) is 0 Å². The van der Waals surface area contributed by atoms with E-state index in [1.807, 2.05) is 6.92 Å². The number of ether oxygens (including phenoxy) is 1. The Hall–Kier alpha value is -1.09. The van der Waals surface area contributed by atoms with E-state index in [2.05, 4.69) is 27.4 Å². The average molecular weight is 506 g/mol. The van der Waals surface area contributed by atoms with Gasteiger partial charge in [-0.1, -0.05) is 26.0 Å². The highest BCUT2D eigenvalue weighted by atomic mass is 127. The zero-order valence-corrected chi connectivity index (χ0v) is 19.7. The van der Waals surface area contributed by atoms with E-state index in [0.717, 1.165) is 31.4 Å². The molecule has 2 N–H and O–H groups in total. The number of hydrogen-bond acceptors (Lipinski definition) is 3. The summed E-state index contributed by atoms with van der Waals surface area (Å²) >= 11 is 0. The molecule has 28 heavy (non-hydrogen) atoms. The molecule has 1 unspecified atom stereocenters. The quantitative estimate of drug-likeness (QED) is 0.303. The van der Waals surface area contributed by atoms with Crippen LogP contribution in [0.25, 0.3) is 0 Å². The predicted molar refractivity (Wildman–Crippen MR) is 125 cm³/mol. The third-order valence-corrected chi connectivity index (χ3v) is 5.31. The second-order valence-corrected chi connectivity index (χ2v) is 7.12. The van der Waals surface area contributed by atoms with Crippen molar-refractivity contribution in [2.75, 3.05) is 39.8 Å². The number of hydrogen-bond donors (Lipinski definition) is 2. The lowest BCUT2D eigenvalue weighted by atomic mass is 9.93. The Balaban J connectivity index is 0.00000392. The van der Waals surface area contributed by atoms with E-state index >= 15 is 0 Å². The van der Waals surface area contributed by atoms with Crippen LogP contribution in [0.3, 0.4) is 0 Å². The molecule has 1 saturated heterocycles. The SMILES string of the molecule is CCC(CNC(=NC)NCCC1CCN(CC)CC1)Oc1ccccc1F.I. The van der Waals surface area contributed by atoms with Crippen LogP contribution in [-0.2, 0) is 0 Å². The van der Waals surface area contributed by atoms with Gasteiger partial charge in [0.15, 0.2) is 17.5 Å². The van der Waals surface area contributed by atoms with Crippen molar-refractivity contribution in [3.05, 3.63) is 30.1 Å². The van der Waals surface area contributed by atoms with Gasteiger partial charge in [0.05, 0.1) is 6.54 Å². The van der Waals surface area contributed by atoms with Gasteiger partial charge in [-0.3, -0.25) is 4.99 Å². The maximum absolute atomic E-state index is 13.8. The fourth-order valence-corrected chi connectivity index (χ4v) is 3.41. The number of benzene rings is 1. The van der Waals surface area contributed by atoms with Crippen molar-refractivity contribution in [1.82, 2.24) is 15.5 Å². The van der Waals surface area contributed by atoms with Gasteiger partial charge >= 0.3 is 0 Å². The summed E-state index contributed by atoms with van der Waals surface area (Å²) in [7, 11) is 1.77. The average Bonchev–Trinajstić information content (AvgIpc) is 2.71. The Morgan fingerprint density at radius 2 is 1.96 bits per heavy atom. The van der Waals surface area contributed by atoms with E-state index < -0.39 is 0 Å². The van der Waals surface area contributed by atoms with Crippen molar-refractivity contribution in [1.29, 1.82) is 0 Å². The summed E-state index contributed by atoms with van der Waals surface area (Å²) in [5, 5.41) is 6.69. The van der Waals surface area contributed by atoms with Crippen LogP contribution in [0.15, 0.2) is 29.3 Å². The predicted octanol–water partition coefficient (Wildman–Crippen LogP) is 3.89. The molecule has 1 aliphatic rings. The Bertz CT molecular complexity index is 579. The number of halogens is 2. The molecule has 160 valence electrons. The number of para-hydroxylation sites is 1. The molecule has 1 atom stereocenters.